The third-order valence-electron chi connectivity index (χ3n) is 7.11. The zero-order chi connectivity index (χ0) is 25.6. The molecule has 6 aromatic heterocycles. The van der Waals surface area contributed by atoms with Crippen LogP contribution in [0.5, 0.6) is 0 Å². The van der Waals surface area contributed by atoms with Crippen molar-refractivity contribution in [2.24, 2.45) is 7.05 Å². The van der Waals surface area contributed by atoms with E-state index in [1.807, 2.05) is 67.1 Å². The minimum atomic E-state index is 0.519. The molecule has 1 aliphatic rings. The number of aromatic nitrogens is 8. The van der Waals surface area contributed by atoms with Crippen LogP contribution in [-0.4, -0.2) is 77.5 Å². The number of nitrogens with zero attached hydrogens (tertiary/aromatic N) is 9. The molecule has 0 unspecified atom stereocenters. The Morgan fingerprint density at radius 2 is 1.76 bits per heavy atom. The standard InChI is InChI=1S/C27H27N11/c1-35-7-9-37(10-8-35)25-4-3-20(13-28-25)33-27-30-15-23-21(14-29-26(23)34-27)18-5-6-38-24(11-18)22(16-32-38)19-12-31-36(2)17-19/h3-6,11-17H,7-10H2,1-2H3,(H2,29,30,33,34). The highest BCUT2D eigenvalue weighted by atomic mass is 15.3. The minimum absolute atomic E-state index is 0.519. The van der Waals surface area contributed by atoms with Crippen LogP contribution in [0.25, 0.3) is 38.8 Å². The van der Waals surface area contributed by atoms with Gasteiger partial charge in [-0.05, 0) is 36.9 Å². The molecule has 11 nitrogen and oxygen atoms in total. The van der Waals surface area contributed by atoms with Gasteiger partial charge in [0.25, 0.3) is 0 Å². The smallest absolute Gasteiger partial charge is 0.229 e. The Kier molecular flexibility index (Phi) is 5.29. The van der Waals surface area contributed by atoms with E-state index in [-0.39, 0.29) is 0 Å². The Hall–Kier alpha value is -4.77. The Morgan fingerprint density at radius 3 is 2.55 bits per heavy atom. The Balaban J connectivity index is 1.14. The summed E-state index contributed by atoms with van der Waals surface area (Å²) in [6.07, 6.45) is 13.4. The molecular formula is C27H27N11. The number of aryl methyl sites for hydroxylation is 1. The topological polar surface area (TPSA) is 108 Å². The zero-order valence-electron chi connectivity index (χ0n) is 21.2. The van der Waals surface area contributed by atoms with Crippen LogP contribution in [0.15, 0.2) is 67.6 Å². The van der Waals surface area contributed by atoms with E-state index >= 15 is 0 Å². The van der Waals surface area contributed by atoms with E-state index in [2.05, 4.69) is 59.4 Å². The molecule has 0 atom stereocenters. The lowest BCUT2D eigenvalue weighted by atomic mass is 10.1. The number of aromatic amines is 1. The molecular weight excluding hydrogens is 478 g/mol. The molecule has 0 amide bonds. The number of anilines is 3. The van der Waals surface area contributed by atoms with Crippen LogP contribution in [0.3, 0.4) is 0 Å². The predicted octanol–water partition coefficient (Wildman–Crippen LogP) is 3.56. The van der Waals surface area contributed by atoms with E-state index in [9.17, 15) is 0 Å². The fourth-order valence-electron chi connectivity index (χ4n) is 4.95. The van der Waals surface area contributed by atoms with Gasteiger partial charge in [-0.25, -0.2) is 14.5 Å². The molecule has 6 aromatic rings. The third kappa shape index (κ3) is 4.02. The lowest BCUT2D eigenvalue weighted by Gasteiger charge is -2.33. The van der Waals surface area contributed by atoms with Gasteiger partial charge in [-0.15, -0.1) is 0 Å². The second-order valence-corrected chi connectivity index (χ2v) is 9.68. The first-order chi connectivity index (χ1) is 18.6. The fourth-order valence-corrected chi connectivity index (χ4v) is 4.95. The van der Waals surface area contributed by atoms with Crippen LogP contribution in [0.4, 0.5) is 17.5 Å². The number of nitrogens with one attached hydrogen (secondary N) is 2. The summed E-state index contributed by atoms with van der Waals surface area (Å²) in [5.41, 5.74) is 6.78. The monoisotopic (exact) mass is 505 g/mol. The normalized spacial score (nSPS) is 14.5. The van der Waals surface area contributed by atoms with Gasteiger partial charge >= 0.3 is 0 Å². The Bertz CT molecular complexity index is 1740. The van der Waals surface area contributed by atoms with Crippen molar-refractivity contribution in [1.82, 2.24) is 44.2 Å². The van der Waals surface area contributed by atoms with Gasteiger partial charge < -0.3 is 20.1 Å². The van der Waals surface area contributed by atoms with Crippen LogP contribution in [0.2, 0.25) is 0 Å². The maximum absolute atomic E-state index is 4.71. The summed E-state index contributed by atoms with van der Waals surface area (Å²) >= 11 is 0. The molecule has 0 aliphatic carbocycles. The van der Waals surface area contributed by atoms with Gasteiger partial charge in [-0.1, -0.05) is 0 Å². The summed E-state index contributed by atoms with van der Waals surface area (Å²) in [5, 5.41) is 13.0. The molecule has 0 radical (unpaired) electrons. The van der Waals surface area contributed by atoms with E-state index in [4.69, 9.17) is 4.98 Å². The largest absolute Gasteiger partial charge is 0.354 e. The van der Waals surface area contributed by atoms with Crippen molar-refractivity contribution in [2.75, 3.05) is 43.4 Å². The number of hydrogen-bond donors (Lipinski definition) is 2. The summed E-state index contributed by atoms with van der Waals surface area (Å²) in [4.78, 5) is 21.9. The summed E-state index contributed by atoms with van der Waals surface area (Å²) in [5.74, 6) is 1.51. The number of fused-ring (bicyclic) bond motifs is 2. The molecule has 190 valence electrons. The molecule has 11 heteroatoms. The van der Waals surface area contributed by atoms with Crippen molar-refractivity contribution >= 4 is 34.0 Å². The Morgan fingerprint density at radius 1 is 0.868 bits per heavy atom. The van der Waals surface area contributed by atoms with Crippen LogP contribution in [-0.2, 0) is 7.05 Å². The van der Waals surface area contributed by atoms with Crippen LogP contribution in [0, 0.1) is 0 Å². The highest BCUT2D eigenvalue weighted by Gasteiger charge is 2.16. The number of piperazine rings is 1. The first-order valence-corrected chi connectivity index (χ1v) is 12.6. The molecule has 38 heavy (non-hydrogen) atoms. The number of H-pyrrole nitrogens is 1. The maximum Gasteiger partial charge on any atom is 0.229 e. The highest BCUT2D eigenvalue weighted by Crippen LogP contribution is 2.32. The highest BCUT2D eigenvalue weighted by molar-refractivity contribution is 5.95. The van der Waals surface area contributed by atoms with Crippen molar-refractivity contribution in [3.63, 3.8) is 0 Å². The number of rotatable bonds is 5. The SMILES string of the molecule is CN1CCN(c2ccc(Nc3ncc4c(-c5ccn6ncc(-c7cnn(C)c7)c6c5)c[nH]c4n3)cn2)CC1. The maximum atomic E-state index is 4.71. The lowest BCUT2D eigenvalue weighted by molar-refractivity contribution is 0.312. The summed E-state index contributed by atoms with van der Waals surface area (Å²) in [7, 11) is 4.07. The Labute approximate surface area is 218 Å². The average molecular weight is 506 g/mol. The van der Waals surface area contributed by atoms with Gasteiger partial charge in [0.1, 0.15) is 11.5 Å². The number of hydrogen-bond acceptors (Lipinski definition) is 8. The predicted molar refractivity (Wildman–Crippen MR) is 148 cm³/mol. The third-order valence-corrected chi connectivity index (χ3v) is 7.11. The van der Waals surface area contributed by atoms with Crippen molar-refractivity contribution in [1.29, 1.82) is 0 Å². The van der Waals surface area contributed by atoms with Crippen molar-refractivity contribution in [3.05, 3.63) is 67.6 Å². The van der Waals surface area contributed by atoms with Gasteiger partial charge in [-0.2, -0.15) is 15.2 Å². The molecule has 0 aromatic carbocycles. The second kappa shape index (κ2) is 8.96. The molecule has 1 aliphatic heterocycles. The molecule has 0 bridgehead atoms. The van der Waals surface area contributed by atoms with Gasteiger partial charge in [0, 0.05) is 80.1 Å². The van der Waals surface area contributed by atoms with Gasteiger partial charge in [-0.3, -0.25) is 4.68 Å². The van der Waals surface area contributed by atoms with Crippen LogP contribution >= 0.6 is 0 Å². The molecule has 1 fully saturated rings. The zero-order valence-corrected chi connectivity index (χ0v) is 21.2. The molecule has 2 N–H and O–H groups in total. The van der Waals surface area contributed by atoms with Crippen LogP contribution in [0.1, 0.15) is 0 Å². The summed E-state index contributed by atoms with van der Waals surface area (Å²) in [6.45, 7) is 4.08. The van der Waals surface area contributed by atoms with E-state index in [1.54, 1.807) is 4.68 Å². The minimum Gasteiger partial charge on any atom is -0.354 e. The van der Waals surface area contributed by atoms with E-state index in [0.717, 1.165) is 76.5 Å². The summed E-state index contributed by atoms with van der Waals surface area (Å²) in [6, 6.07) is 8.26. The average Bonchev–Trinajstić information content (AvgIpc) is 3.67. The van der Waals surface area contributed by atoms with Crippen molar-refractivity contribution < 1.29 is 0 Å². The first-order valence-electron chi connectivity index (χ1n) is 12.6. The van der Waals surface area contributed by atoms with E-state index in [0.29, 0.717) is 5.95 Å². The lowest BCUT2D eigenvalue weighted by Crippen LogP contribution is -2.44. The summed E-state index contributed by atoms with van der Waals surface area (Å²) < 4.78 is 3.67. The first kappa shape index (κ1) is 22.4. The molecule has 0 spiro atoms. The van der Waals surface area contributed by atoms with Gasteiger partial charge in [0.15, 0.2) is 0 Å². The fraction of sp³-hybridized carbons (Fsp3) is 0.222. The quantitative estimate of drug-likeness (QED) is 0.366. The molecule has 7 rings (SSSR count). The van der Waals surface area contributed by atoms with Crippen LogP contribution < -0.4 is 10.2 Å². The molecule has 0 saturated carbocycles. The van der Waals surface area contributed by atoms with E-state index < -0.39 is 0 Å². The second-order valence-electron chi connectivity index (χ2n) is 9.68. The van der Waals surface area contributed by atoms with E-state index in [1.165, 1.54) is 0 Å². The molecule has 7 heterocycles. The van der Waals surface area contributed by atoms with Crippen molar-refractivity contribution in [2.45, 2.75) is 0 Å². The molecule has 1 saturated heterocycles. The van der Waals surface area contributed by atoms with Gasteiger partial charge in [0.05, 0.1) is 29.8 Å². The van der Waals surface area contributed by atoms with Gasteiger partial charge in [0.2, 0.25) is 5.95 Å². The van der Waals surface area contributed by atoms with Crippen molar-refractivity contribution in [3.8, 4) is 22.3 Å². The number of likely N-dealkylation sites (N-methyl/N-ethyl adjacent to an activating group) is 1. The number of pyridine rings is 2.